The normalized spacial score (nSPS) is 12.5. The molecule has 0 spiro atoms. The van der Waals surface area contributed by atoms with Crippen molar-refractivity contribution in [1.82, 2.24) is 15.1 Å². The van der Waals surface area contributed by atoms with Gasteiger partial charge in [0.1, 0.15) is 6.54 Å². The van der Waals surface area contributed by atoms with Crippen LogP contribution in [0.15, 0.2) is 36.7 Å². The minimum absolute atomic E-state index is 0.0279. The quantitative estimate of drug-likeness (QED) is 0.777. The molecule has 0 fully saturated rings. The van der Waals surface area contributed by atoms with E-state index in [1.54, 1.807) is 6.20 Å². The van der Waals surface area contributed by atoms with E-state index < -0.39 is 5.91 Å². The first-order valence-corrected chi connectivity index (χ1v) is 8.14. The van der Waals surface area contributed by atoms with Gasteiger partial charge in [-0.3, -0.25) is 9.48 Å². The predicted molar refractivity (Wildman–Crippen MR) is 97.1 cm³/mol. The second kappa shape index (κ2) is 7.38. The summed E-state index contributed by atoms with van der Waals surface area (Å²) in [5, 5.41) is 9.51. The number of rotatable bonds is 5. The zero-order chi connectivity index (χ0) is 18.6. The van der Waals surface area contributed by atoms with E-state index in [0.717, 1.165) is 5.56 Å². The largest absolute Gasteiger partial charge is 0.368 e. The maximum atomic E-state index is 12.1. The molecule has 0 saturated carbocycles. The molecule has 1 aromatic carbocycles. The average molecular weight is 343 g/mol. The van der Waals surface area contributed by atoms with Gasteiger partial charge in [-0.25, -0.2) is 4.79 Å². The number of nitrogens with one attached hydrogen (secondary N) is 2. The Kier molecular flexibility index (Phi) is 5.46. The number of amides is 3. The number of hydrogen-bond acceptors (Lipinski definition) is 3. The van der Waals surface area contributed by atoms with Gasteiger partial charge in [-0.15, -0.1) is 0 Å². The molecular weight excluding hydrogens is 318 g/mol. The van der Waals surface area contributed by atoms with E-state index in [0.29, 0.717) is 5.69 Å². The molecule has 0 aliphatic heterocycles. The number of hydrogen-bond donors (Lipinski definition) is 3. The van der Waals surface area contributed by atoms with Crippen LogP contribution in [0.4, 0.5) is 10.5 Å². The van der Waals surface area contributed by atoms with Crippen molar-refractivity contribution in [2.75, 3.05) is 5.32 Å². The van der Waals surface area contributed by atoms with Gasteiger partial charge < -0.3 is 16.4 Å². The number of carbonyl (C=O) groups is 2. The Labute approximate surface area is 147 Å². The Morgan fingerprint density at radius 1 is 1.24 bits per heavy atom. The van der Waals surface area contributed by atoms with Crippen molar-refractivity contribution < 1.29 is 9.59 Å². The monoisotopic (exact) mass is 343 g/mol. The van der Waals surface area contributed by atoms with E-state index in [-0.39, 0.29) is 24.0 Å². The molecule has 1 atom stereocenters. The van der Waals surface area contributed by atoms with E-state index in [1.165, 1.54) is 16.4 Å². The van der Waals surface area contributed by atoms with Crippen molar-refractivity contribution in [2.45, 2.75) is 45.7 Å². The minimum Gasteiger partial charge on any atom is -0.368 e. The molecule has 7 heteroatoms. The van der Waals surface area contributed by atoms with E-state index in [1.807, 2.05) is 19.1 Å². The highest BCUT2D eigenvalue weighted by molar-refractivity contribution is 5.89. The molecule has 2 rings (SSSR count). The maximum Gasteiger partial charge on any atom is 0.319 e. The van der Waals surface area contributed by atoms with Crippen LogP contribution in [0.1, 0.15) is 44.9 Å². The third-order valence-corrected chi connectivity index (χ3v) is 3.83. The van der Waals surface area contributed by atoms with E-state index in [4.69, 9.17) is 5.73 Å². The molecule has 7 nitrogen and oxygen atoms in total. The number of nitrogens with two attached hydrogens (primary N) is 1. The molecule has 0 aliphatic carbocycles. The zero-order valence-electron chi connectivity index (χ0n) is 15.0. The molecule has 134 valence electrons. The second-order valence-corrected chi connectivity index (χ2v) is 7.09. The van der Waals surface area contributed by atoms with Gasteiger partial charge in [0.15, 0.2) is 0 Å². The molecular formula is C18H25N5O2. The van der Waals surface area contributed by atoms with Crippen molar-refractivity contribution in [1.29, 1.82) is 0 Å². The molecule has 0 bridgehead atoms. The van der Waals surface area contributed by atoms with Crippen molar-refractivity contribution in [3.63, 3.8) is 0 Å². The summed E-state index contributed by atoms with van der Waals surface area (Å²) < 4.78 is 1.37. The van der Waals surface area contributed by atoms with Crippen molar-refractivity contribution in [2.24, 2.45) is 5.73 Å². The lowest BCUT2D eigenvalue weighted by Gasteiger charge is -2.20. The van der Waals surface area contributed by atoms with Crippen LogP contribution in [0.3, 0.4) is 0 Å². The highest BCUT2D eigenvalue weighted by Gasteiger charge is 2.15. The number of primary amides is 1. The predicted octanol–water partition coefficient (Wildman–Crippen LogP) is 2.55. The maximum absolute atomic E-state index is 12.1. The van der Waals surface area contributed by atoms with Gasteiger partial charge in [-0.05, 0) is 23.5 Å². The van der Waals surface area contributed by atoms with Gasteiger partial charge in [-0.1, -0.05) is 45.0 Å². The number of nitrogens with zero attached hydrogens (tertiary/aromatic N) is 2. The topological polar surface area (TPSA) is 102 Å². The van der Waals surface area contributed by atoms with Gasteiger partial charge in [0.25, 0.3) is 0 Å². The van der Waals surface area contributed by atoms with E-state index >= 15 is 0 Å². The fraction of sp³-hybridized carbons (Fsp3) is 0.389. The third kappa shape index (κ3) is 5.34. The summed E-state index contributed by atoms with van der Waals surface area (Å²) in [7, 11) is 0. The number of carbonyl (C=O) groups excluding carboxylic acids is 2. The highest BCUT2D eigenvalue weighted by Crippen LogP contribution is 2.23. The molecule has 1 heterocycles. The number of anilines is 1. The molecule has 0 saturated heterocycles. The van der Waals surface area contributed by atoms with E-state index in [2.05, 4.69) is 48.6 Å². The Morgan fingerprint density at radius 3 is 2.44 bits per heavy atom. The van der Waals surface area contributed by atoms with Crippen molar-refractivity contribution in [3.8, 4) is 0 Å². The first-order valence-electron chi connectivity index (χ1n) is 8.14. The molecule has 0 aliphatic rings. The standard InChI is InChI=1S/C18H25N5O2/c1-12(13-5-7-14(8-6-13)18(2,3)4)21-17(25)22-15-9-20-23(10-15)11-16(19)24/h5-10,12H,11H2,1-4H3,(H2,19,24)(H2,21,22,25)/t12-/m0/s1. The van der Waals surface area contributed by atoms with Gasteiger partial charge in [-0.2, -0.15) is 5.10 Å². The summed E-state index contributed by atoms with van der Waals surface area (Å²) in [5.41, 5.74) is 7.96. The van der Waals surface area contributed by atoms with E-state index in [9.17, 15) is 9.59 Å². The van der Waals surface area contributed by atoms with Gasteiger partial charge >= 0.3 is 6.03 Å². The molecule has 4 N–H and O–H groups in total. The summed E-state index contributed by atoms with van der Waals surface area (Å²) in [6.45, 7) is 8.38. The van der Waals surface area contributed by atoms with Gasteiger partial charge in [0.05, 0.1) is 17.9 Å². The van der Waals surface area contributed by atoms with Crippen LogP contribution in [0.5, 0.6) is 0 Å². The molecule has 2 aromatic rings. The Morgan fingerprint density at radius 2 is 1.88 bits per heavy atom. The van der Waals surface area contributed by atoms with Crippen LogP contribution in [0, 0.1) is 0 Å². The molecule has 0 radical (unpaired) electrons. The Bertz CT molecular complexity index is 744. The summed E-state index contributed by atoms with van der Waals surface area (Å²) in [4.78, 5) is 23.0. The summed E-state index contributed by atoms with van der Waals surface area (Å²) >= 11 is 0. The smallest absolute Gasteiger partial charge is 0.319 e. The third-order valence-electron chi connectivity index (χ3n) is 3.83. The summed E-state index contributed by atoms with van der Waals surface area (Å²) in [5.74, 6) is -0.494. The lowest BCUT2D eigenvalue weighted by molar-refractivity contribution is -0.118. The summed E-state index contributed by atoms with van der Waals surface area (Å²) in [6.07, 6.45) is 3.01. The molecule has 3 amide bonds. The van der Waals surface area contributed by atoms with Crippen LogP contribution >= 0.6 is 0 Å². The molecule has 0 unspecified atom stereocenters. The minimum atomic E-state index is -0.494. The van der Waals surface area contributed by atoms with Gasteiger partial charge in [0, 0.05) is 6.20 Å². The fourth-order valence-electron chi connectivity index (χ4n) is 2.39. The first-order chi connectivity index (χ1) is 11.6. The molecule has 25 heavy (non-hydrogen) atoms. The highest BCUT2D eigenvalue weighted by atomic mass is 16.2. The van der Waals surface area contributed by atoms with Crippen LogP contribution in [-0.2, 0) is 16.8 Å². The van der Waals surface area contributed by atoms with Gasteiger partial charge in [0.2, 0.25) is 5.91 Å². The van der Waals surface area contributed by atoms with Crippen LogP contribution < -0.4 is 16.4 Å². The summed E-state index contributed by atoms with van der Waals surface area (Å²) in [6, 6.07) is 7.73. The lowest BCUT2D eigenvalue weighted by atomic mass is 9.86. The average Bonchev–Trinajstić information content (AvgIpc) is 2.92. The van der Waals surface area contributed by atoms with Crippen molar-refractivity contribution in [3.05, 3.63) is 47.8 Å². The SMILES string of the molecule is C[C@H](NC(=O)Nc1cnn(CC(N)=O)c1)c1ccc(C(C)(C)C)cc1. The van der Waals surface area contributed by atoms with Crippen molar-refractivity contribution >= 4 is 17.6 Å². The zero-order valence-corrected chi connectivity index (χ0v) is 15.0. The van der Waals surface area contributed by atoms with Crippen LogP contribution in [0.2, 0.25) is 0 Å². The lowest BCUT2D eigenvalue weighted by Crippen LogP contribution is -2.31. The Hall–Kier alpha value is -2.83. The fourth-order valence-corrected chi connectivity index (χ4v) is 2.39. The molecule has 1 aromatic heterocycles. The number of benzene rings is 1. The Balaban J connectivity index is 1.93. The first kappa shape index (κ1) is 18.5. The van der Waals surface area contributed by atoms with Crippen LogP contribution in [-0.4, -0.2) is 21.7 Å². The van der Waals surface area contributed by atoms with Crippen LogP contribution in [0.25, 0.3) is 0 Å². The second-order valence-electron chi connectivity index (χ2n) is 7.09. The number of aromatic nitrogens is 2. The number of urea groups is 1.